The normalized spacial score (nSPS) is 17.5. The predicted molar refractivity (Wildman–Crippen MR) is 154 cm³/mol. The number of ether oxygens (including phenoxy) is 1. The molecule has 0 radical (unpaired) electrons. The molecule has 1 atom stereocenters. The smallest absolute Gasteiger partial charge is 0.341 e. The number of hydrogen-bond donors (Lipinski definition) is 1. The van der Waals surface area contributed by atoms with Crippen molar-refractivity contribution in [3.8, 4) is 16.5 Å². The molecular formula is C29H30N6O5S. The highest BCUT2D eigenvalue weighted by Crippen LogP contribution is 2.30. The molecule has 212 valence electrons. The second kappa shape index (κ2) is 11.1. The van der Waals surface area contributed by atoms with Gasteiger partial charge < -0.3 is 14.7 Å². The second-order valence-corrected chi connectivity index (χ2v) is 11.5. The van der Waals surface area contributed by atoms with Crippen LogP contribution in [-0.4, -0.2) is 66.6 Å². The first kappa shape index (κ1) is 27.2. The molecule has 0 amide bonds. The number of carboxylic acid groups (broad SMARTS) is 1. The molecule has 12 heteroatoms. The number of Topliss-reactive ketones (excluding diaryl/α,β-unsaturated/α-hetero) is 1. The molecule has 2 aliphatic rings. The van der Waals surface area contributed by atoms with Gasteiger partial charge in [0.15, 0.2) is 11.5 Å². The van der Waals surface area contributed by atoms with Crippen molar-refractivity contribution in [1.29, 1.82) is 0 Å². The van der Waals surface area contributed by atoms with Gasteiger partial charge in [-0.15, -0.1) is 0 Å². The van der Waals surface area contributed by atoms with Gasteiger partial charge in [0.1, 0.15) is 17.2 Å². The Morgan fingerprint density at radius 1 is 1.17 bits per heavy atom. The van der Waals surface area contributed by atoms with Gasteiger partial charge in [0, 0.05) is 61.3 Å². The van der Waals surface area contributed by atoms with E-state index in [0.29, 0.717) is 47.5 Å². The average Bonchev–Trinajstić information content (AvgIpc) is 3.42. The molecule has 2 fully saturated rings. The standard InChI is InChI=1S/C29H30N6O5S/c1-16-11-23(34-13-19(14-34)22(36)9-8-20-5-3-4-10-40-20)31-27-24(16)25(37)21(28(38)39)15-35(27)29-32-26(33-41-29)18-7-6-17(2)30-12-18/h6-7,11-12,15,19-20H,3-5,8-10,13-14H2,1-2H3,(H,38,39). The van der Waals surface area contributed by atoms with Crippen LogP contribution in [0, 0.1) is 19.8 Å². The van der Waals surface area contributed by atoms with Crippen molar-refractivity contribution in [2.24, 2.45) is 5.92 Å². The number of aryl methyl sites for hydroxylation is 2. The third kappa shape index (κ3) is 5.36. The maximum absolute atomic E-state index is 13.2. The molecule has 11 nitrogen and oxygen atoms in total. The second-order valence-electron chi connectivity index (χ2n) is 10.7. The highest BCUT2D eigenvalue weighted by Gasteiger charge is 2.34. The van der Waals surface area contributed by atoms with Gasteiger partial charge >= 0.3 is 5.97 Å². The van der Waals surface area contributed by atoms with Gasteiger partial charge in [0.25, 0.3) is 0 Å². The van der Waals surface area contributed by atoms with Crippen LogP contribution in [0.4, 0.5) is 5.82 Å². The van der Waals surface area contributed by atoms with Crippen molar-refractivity contribution in [3.63, 3.8) is 0 Å². The number of hydrogen-bond acceptors (Lipinski definition) is 10. The fraction of sp³-hybridized carbons (Fsp3) is 0.414. The highest BCUT2D eigenvalue weighted by molar-refractivity contribution is 7.08. The van der Waals surface area contributed by atoms with Crippen LogP contribution in [0.2, 0.25) is 0 Å². The number of aromatic carboxylic acids is 1. The fourth-order valence-electron chi connectivity index (χ4n) is 5.38. The Balaban J connectivity index is 1.29. The first-order valence-corrected chi connectivity index (χ1v) is 14.5. The summed E-state index contributed by atoms with van der Waals surface area (Å²) in [5, 5.41) is 10.4. The lowest BCUT2D eigenvalue weighted by atomic mass is 9.90. The van der Waals surface area contributed by atoms with Crippen LogP contribution in [0.25, 0.3) is 27.6 Å². The molecule has 41 heavy (non-hydrogen) atoms. The van der Waals surface area contributed by atoms with Crippen molar-refractivity contribution < 1.29 is 19.4 Å². The molecule has 6 rings (SSSR count). The minimum Gasteiger partial charge on any atom is -0.477 e. The van der Waals surface area contributed by atoms with E-state index < -0.39 is 11.4 Å². The van der Waals surface area contributed by atoms with Crippen LogP contribution < -0.4 is 10.3 Å². The number of fused-ring (bicyclic) bond motifs is 1. The maximum atomic E-state index is 13.2. The zero-order chi connectivity index (χ0) is 28.7. The summed E-state index contributed by atoms with van der Waals surface area (Å²) in [5.41, 5.74) is 1.50. The van der Waals surface area contributed by atoms with Crippen LogP contribution >= 0.6 is 11.5 Å². The molecule has 0 saturated carbocycles. The third-order valence-corrected chi connectivity index (χ3v) is 8.53. The molecule has 1 unspecified atom stereocenters. The van der Waals surface area contributed by atoms with Crippen LogP contribution in [0.5, 0.6) is 0 Å². The molecule has 6 heterocycles. The van der Waals surface area contributed by atoms with E-state index in [-0.39, 0.29) is 28.8 Å². The quantitative estimate of drug-likeness (QED) is 0.329. The fourth-order valence-corrected chi connectivity index (χ4v) is 6.05. The summed E-state index contributed by atoms with van der Waals surface area (Å²) in [6.45, 7) is 5.52. The Morgan fingerprint density at radius 2 is 2.00 bits per heavy atom. The zero-order valence-electron chi connectivity index (χ0n) is 22.9. The van der Waals surface area contributed by atoms with Gasteiger partial charge in [-0.1, -0.05) is 0 Å². The van der Waals surface area contributed by atoms with E-state index in [4.69, 9.17) is 9.72 Å². The van der Waals surface area contributed by atoms with Crippen molar-refractivity contribution in [2.75, 3.05) is 24.6 Å². The molecular weight excluding hydrogens is 544 g/mol. The summed E-state index contributed by atoms with van der Waals surface area (Å²) in [7, 11) is 0. The molecule has 2 aliphatic heterocycles. The Hall–Kier alpha value is -4.03. The van der Waals surface area contributed by atoms with Gasteiger partial charge in [-0.2, -0.15) is 9.36 Å². The number of ketones is 1. The van der Waals surface area contributed by atoms with E-state index >= 15 is 0 Å². The summed E-state index contributed by atoms with van der Waals surface area (Å²) in [6, 6.07) is 5.50. The summed E-state index contributed by atoms with van der Waals surface area (Å²) < 4.78 is 11.7. The van der Waals surface area contributed by atoms with Crippen LogP contribution in [-0.2, 0) is 9.53 Å². The topological polar surface area (TPSA) is 140 Å². The molecule has 0 bridgehead atoms. The highest BCUT2D eigenvalue weighted by atomic mass is 32.1. The van der Waals surface area contributed by atoms with Gasteiger partial charge in [-0.25, -0.2) is 9.78 Å². The van der Waals surface area contributed by atoms with Crippen molar-refractivity contribution >= 4 is 40.1 Å². The minimum atomic E-state index is -1.33. The summed E-state index contributed by atoms with van der Waals surface area (Å²) in [6.07, 6.45) is 7.68. The number of carbonyl (C=O) groups excluding carboxylic acids is 1. The van der Waals surface area contributed by atoms with Gasteiger partial charge in [-0.3, -0.25) is 19.1 Å². The molecule has 0 aliphatic carbocycles. The number of rotatable bonds is 8. The van der Waals surface area contributed by atoms with E-state index in [9.17, 15) is 19.5 Å². The van der Waals surface area contributed by atoms with Crippen LogP contribution in [0.1, 0.15) is 53.7 Å². The molecule has 1 N–H and O–H groups in total. The predicted octanol–water partition coefficient (Wildman–Crippen LogP) is 3.97. The Labute approximate surface area is 240 Å². The van der Waals surface area contributed by atoms with Crippen molar-refractivity contribution in [1.82, 2.24) is 23.9 Å². The lowest BCUT2D eigenvalue weighted by molar-refractivity contribution is -0.124. The third-order valence-electron chi connectivity index (χ3n) is 7.81. The first-order chi connectivity index (χ1) is 19.8. The number of aromatic nitrogens is 5. The van der Waals surface area contributed by atoms with E-state index in [0.717, 1.165) is 55.1 Å². The average molecular weight is 575 g/mol. The minimum absolute atomic E-state index is 0.0678. The van der Waals surface area contributed by atoms with E-state index in [2.05, 4.69) is 14.3 Å². The van der Waals surface area contributed by atoms with Gasteiger partial charge in [-0.05, 0) is 63.3 Å². The molecule has 4 aromatic rings. The van der Waals surface area contributed by atoms with E-state index in [1.54, 1.807) is 19.2 Å². The first-order valence-electron chi connectivity index (χ1n) is 13.7. The number of carboxylic acids is 1. The Bertz CT molecular complexity index is 1690. The van der Waals surface area contributed by atoms with E-state index in [1.807, 2.05) is 24.0 Å². The zero-order valence-corrected chi connectivity index (χ0v) is 23.7. The van der Waals surface area contributed by atoms with Crippen molar-refractivity contribution in [3.05, 3.63) is 57.6 Å². The molecule has 2 saturated heterocycles. The van der Waals surface area contributed by atoms with Gasteiger partial charge in [0.05, 0.1) is 17.4 Å². The number of anilines is 1. The lowest BCUT2D eigenvalue weighted by Crippen LogP contribution is -2.51. The van der Waals surface area contributed by atoms with E-state index in [1.165, 1.54) is 10.8 Å². The molecule has 4 aromatic heterocycles. The lowest BCUT2D eigenvalue weighted by Gasteiger charge is -2.39. The summed E-state index contributed by atoms with van der Waals surface area (Å²) >= 11 is 1.07. The number of pyridine rings is 3. The number of nitrogens with zero attached hydrogens (tertiary/aromatic N) is 6. The monoisotopic (exact) mass is 574 g/mol. The molecule has 0 aromatic carbocycles. The Kier molecular flexibility index (Phi) is 7.35. The summed E-state index contributed by atoms with van der Waals surface area (Å²) in [4.78, 5) is 53.7. The largest absolute Gasteiger partial charge is 0.477 e. The van der Waals surface area contributed by atoms with Crippen LogP contribution in [0.15, 0.2) is 35.4 Å². The molecule has 0 spiro atoms. The summed E-state index contributed by atoms with van der Waals surface area (Å²) in [5.74, 6) is -0.0933. The van der Waals surface area contributed by atoms with Crippen molar-refractivity contribution in [2.45, 2.75) is 52.1 Å². The Morgan fingerprint density at radius 3 is 2.71 bits per heavy atom. The van der Waals surface area contributed by atoms with Crippen LogP contribution in [0.3, 0.4) is 0 Å². The SMILES string of the molecule is Cc1ccc(-c2nsc(-n3cc(C(=O)O)c(=O)c4c(C)cc(N5CC(C(=O)CCC6CCCCO6)C5)nc43)n2)cn1. The van der Waals surface area contributed by atoms with Gasteiger partial charge in [0.2, 0.25) is 10.6 Å². The number of carbonyl (C=O) groups is 2. The maximum Gasteiger partial charge on any atom is 0.341 e.